The van der Waals surface area contributed by atoms with Crippen molar-refractivity contribution >= 4 is 60.5 Å². The summed E-state index contributed by atoms with van der Waals surface area (Å²) in [7, 11) is 0. The van der Waals surface area contributed by atoms with Crippen LogP contribution < -0.4 is 4.90 Å². The number of hydrogen-bond acceptors (Lipinski definition) is 2. The molecule has 0 aliphatic heterocycles. The lowest BCUT2D eigenvalue weighted by atomic mass is 9.98. The molecule has 0 spiro atoms. The number of nitrogens with zero attached hydrogens (tertiary/aromatic N) is 1. The van der Waals surface area contributed by atoms with Crippen LogP contribution in [0.1, 0.15) is 5.48 Å². The SMILES string of the molecule is [2H]c1c([2H])c(N(c2ccc(-c3ccc4ccccc4c3)cc2)c2ccccc2-c2ccc3c(c2)oc2c4ccccc4ccc32)c([2H])c([2H])c1-c1ccc(-c2ccccc2)cc1. The summed E-state index contributed by atoms with van der Waals surface area (Å²) in [5, 5.41) is 6.55. The zero-order chi connectivity index (χ0) is 41.9. The van der Waals surface area contributed by atoms with Crippen molar-refractivity contribution in [3.63, 3.8) is 0 Å². The van der Waals surface area contributed by atoms with E-state index in [2.05, 4.69) is 84.9 Å². The number of benzene rings is 10. The molecule has 2 nitrogen and oxygen atoms in total. The van der Waals surface area contributed by atoms with Crippen molar-refractivity contribution in [1.82, 2.24) is 0 Å². The Hall–Kier alpha value is -7.68. The molecule has 1 heterocycles. The number of fused-ring (bicyclic) bond motifs is 6. The van der Waals surface area contributed by atoms with Gasteiger partial charge in [-0.15, -0.1) is 0 Å². The van der Waals surface area contributed by atoms with Crippen molar-refractivity contribution in [3.8, 4) is 44.5 Å². The van der Waals surface area contributed by atoms with Crippen LogP contribution in [0.15, 0.2) is 229 Å². The van der Waals surface area contributed by atoms with Crippen molar-refractivity contribution in [1.29, 1.82) is 0 Å². The summed E-state index contributed by atoms with van der Waals surface area (Å²) in [6.07, 6.45) is 0. The molecule has 0 N–H and O–H groups in total. The van der Waals surface area contributed by atoms with Gasteiger partial charge in [0.25, 0.3) is 0 Å². The van der Waals surface area contributed by atoms with Gasteiger partial charge in [-0.1, -0.05) is 170 Å². The molecule has 0 amide bonds. The smallest absolute Gasteiger partial charge is 0.143 e. The normalized spacial score (nSPS) is 12.4. The second kappa shape index (κ2) is 14.1. The minimum absolute atomic E-state index is 0.111. The summed E-state index contributed by atoms with van der Waals surface area (Å²) in [5.74, 6) is 0. The number of furan rings is 1. The highest BCUT2D eigenvalue weighted by Crippen LogP contribution is 2.44. The van der Waals surface area contributed by atoms with Gasteiger partial charge in [0.2, 0.25) is 0 Å². The van der Waals surface area contributed by atoms with Gasteiger partial charge in [-0.05, 0) is 110 Å². The Kier molecular flexibility index (Phi) is 7.20. The molecule has 0 saturated carbocycles. The summed E-state index contributed by atoms with van der Waals surface area (Å²) < 4.78 is 44.8. The molecule has 0 aliphatic rings. The molecule has 2 heteroatoms. The minimum Gasteiger partial charge on any atom is -0.455 e. The van der Waals surface area contributed by atoms with E-state index in [4.69, 9.17) is 4.42 Å². The number of rotatable bonds is 7. The average molecular weight is 744 g/mol. The zero-order valence-electron chi connectivity index (χ0n) is 35.4. The molecule has 0 aliphatic carbocycles. The third kappa shape index (κ3) is 6.00. The van der Waals surface area contributed by atoms with Crippen molar-refractivity contribution in [2.45, 2.75) is 0 Å². The molecule has 0 atom stereocenters. The fraction of sp³-hybridized carbons (Fsp3) is 0. The first-order valence-electron chi connectivity index (χ1n) is 21.5. The van der Waals surface area contributed by atoms with Gasteiger partial charge in [-0.25, -0.2) is 0 Å². The van der Waals surface area contributed by atoms with E-state index in [1.165, 1.54) is 5.39 Å². The standard InChI is InChI=1S/C56H37NO/c1-2-10-38(11-3-1)40-18-20-41(21-19-40)42-24-30-48(31-25-42)57(49-32-26-43(27-33-49)46-23-22-39-12-4-5-14-45(39)36-46)54-17-9-8-15-50(54)47-29-34-52-53-35-28-44-13-6-7-16-51(44)56(53)58-55(52)37-47/h1-37H/i24D,25D,30D,31D. The zero-order valence-corrected chi connectivity index (χ0v) is 31.4. The van der Waals surface area contributed by atoms with Crippen LogP contribution in [-0.4, -0.2) is 0 Å². The Bertz CT molecular complexity index is 3480. The molecule has 11 aromatic rings. The first-order valence-corrected chi connectivity index (χ1v) is 19.5. The minimum atomic E-state index is -0.138. The van der Waals surface area contributed by atoms with Gasteiger partial charge < -0.3 is 9.32 Å². The van der Waals surface area contributed by atoms with Crippen LogP contribution in [0.2, 0.25) is 0 Å². The Labute approximate surface area is 343 Å². The predicted octanol–water partition coefficient (Wildman–Crippen LogP) is 16.0. The van der Waals surface area contributed by atoms with Gasteiger partial charge in [-0.3, -0.25) is 0 Å². The van der Waals surface area contributed by atoms with Gasteiger partial charge in [0, 0.05) is 33.1 Å². The fourth-order valence-corrected chi connectivity index (χ4v) is 8.17. The highest BCUT2D eigenvalue weighted by Gasteiger charge is 2.19. The van der Waals surface area contributed by atoms with Crippen molar-refractivity contribution in [2.75, 3.05) is 4.90 Å². The van der Waals surface area contributed by atoms with Crippen LogP contribution in [0.4, 0.5) is 17.1 Å². The van der Waals surface area contributed by atoms with Gasteiger partial charge in [0.15, 0.2) is 0 Å². The van der Waals surface area contributed by atoms with E-state index in [9.17, 15) is 5.48 Å². The van der Waals surface area contributed by atoms with E-state index in [-0.39, 0.29) is 35.4 Å². The van der Waals surface area contributed by atoms with Gasteiger partial charge in [0.05, 0.1) is 11.2 Å². The van der Waals surface area contributed by atoms with E-state index < -0.39 is 0 Å². The highest BCUT2D eigenvalue weighted by molar-refractivity contribution is 6.15. The molecule has 0 radical (unpaired) electrons. The summed E-state index contributed by atoms with van der Waals surface area (Å²) in [5.41, 5.74) is 9.91. The molecular weight excluding hydrogens is 703 g/mol. The maximum Gasteiger partial charge on any atom is 0.143 e. The second-order valence-corrected chi connectivity index (χ2v) is 14.6. The summed E-state index contributed by atoms with van der Waals surface area (Å²) in [6.45, 7) is 0. The van der Waals surface area contributed by atoms with E-state index in [0.717, 1.165) is 71.5 Å². The van der Waals surface area contributed by atoms with Gasteiger partial charge in [-0.2, -0.15) is 0 Å². The van der Waals surface area contributed by atoms with E-state index in [0.29, 0.717) is 16.9 Å². The molecule has 0 bridgehead atoms. The number of anilines is 3. The van der Waals surface area contributed by atoms with E-state index in [1.54, 1.807) is 0 Å². The first-order chi connectivity index (χ1) is 30.4. The van der Waals surface area contributed by atoms with Crippen LogP contribution in [-0.2, 0) is 0 Å². The number of para-hydroxylation sites is 1. The van der Waals surface area contributed by atoms with Gasteiger partial charge in [0.1, 0.15) is 11.2 Å². The third-order valence-electron chi connectivity index (χ3n) is 11.1. The molecular formula is C56H37NO. The fourth-order valence-electron chi connectivity index (χ4n) is 8.17. The molecule has 58 heavy (non-hydrogen) atoms. The largest absolute Gasteiger partial charge is 0.455 e. The van der Waals surface area contributed by atoms with Crippen molar-refractivity contribution < 1.29 is 9.90 Å². The first kappa shape index (κ1) is 29.6. The summed E-state index contributed by atoms with van der Waals surface area (Å²) in [4.78, 5) is 1.87. The van der Waals surface area contributed by atoms with Crippen LogP contribution in [0, 0.1) is 0 Å². The Morgan fingerprint density at radius 1 is 0.345 bits per heavy atom. The predicted molar refractivity (Wildman–Crippen MR) is 245 cm³/mol. The maximum absolute atomic E-state index is 9.65. The van der Waals surface area contributed by atoms with E-state index >= 15 is 0 Å². The molecule has 11 rings (SSSR count). The molecule has 10 aromatic carbocycles. The van der Waals surface area contributed by atoms with Crippen molar-refractivity contribution in [2.24, 2.45) is 0 Å². The summed E-state index contributed by atoms with van der Waals surface area (Å²) >= 11 is 0. The highest BCUT2D eigenvalue weighted by atomic mass is 16.3. The summed E-state index contributed by atoms with van der Waals surface area (Å²) in [6, 6.07) is 66.7. The van der Waals surface area contributed by atoms with Crippen LogP contribution in [0.5, 0.6) is 0 Å². The lowest BCUT2D eigenvalue weighted by molar-refractivity contribution is 0.673. The molecule has 272 valence electrons. The quantitative estimate of drug-likeness (QED) is 0.162. The number of hydrogen-bond donors (Lipinski definition) is 0. The maximum atomic E-state index is 9.65. The Morgan fingerprint density at radius 3 is 1.72 bits per heavy atom. The Morgan fingerprint density at radius 2 is 0.914 bits per heavy atom. The lowest BCUT2D eigenvalue weighted by Crippen LogP contribution is -2.11. The third-order valence-corrected chi connectivity index (χ3v) is 11.1. The Balaban J connectivity index is 1.08. The average Bonchev–Trinajstić information content (AvgIpc) is 3.71. The second-order valence-electron chi connectivity index (χ2n) is 14.6. The van der Waals surface area contributed by atoms with Gasteiger partial charge >= 0.3 is 0 Å². The molecule has 0 fully saturated rings. The molecule has 0 saturated heterocycles. The molecule has 0 unspecified atom stereocenters. The van der Waals surface area contributed by atoms with Crippen LogP contribution >= 0.6 is 0 Å². The van der Waals surface area contributed by atoms with Crippen molar-refractivity contribution in [3.05, 3.63) is 224 Å². The van der Waals surface area contributed by atoms with Crippen LogP contribution in [0.25, 0.3) is 88.0 Å². The monoisotopic (exact) mass is 743 g/mol. The topological polar surface area (TPSA) is 16.4 Å². The van der Waals surface area contributed by atoms with E-state index in [1.807, 2.05) is 120 Å². The molecule has 1 aromatic heterocycles. The van der Waals surface area contributed by atoms with Crippen LogP contribution in [0.3, 0.4) is 0 Å². The lowest BCUT2D eigenvalue weighted by Gasteiger charge is -2.28.